The maximum Gasteiger partial charge on any atom is 0.338 e. The number of esters is 2. The Labute approximate surface area is 178 Å². The van der Waals surface area contributed by atoms with Gasteiger partial charge < -0.3 is 19.7 Å². The van der Waals surface area contributed by atoms with E-state index in [1.54, 1.807) is 24.3 Å². The summed E-state index contributed by atoms with van der Waals surface area (Å²) < 4.78 is 20.3. The number of aliphatic hydroxyl groups is 2. The van der Waals surface area contributed by atoms with Crippen LogP contribution in [0.2, 0.25) is 0 Å². The van der Waals surface area contributed by atoms with Crippen molar-refractivity contribution in [2.24, 2.45) is 16.7 Å². The Morgan fingerprint density at radius 1 is 1.23 bits per heavy atom. The summed E-state index contributed by atoms with van der Waals surface area (Å²) in [6.45, 7) is 3.59. The average molecular weight is 431 g/mol. The highest BCUT2D eigenvalue weighted by Crippen LogP contribution is 2.63. The molecule has 2 heterocycles. The van der Waals surface area contributed by atoms with Gasteiger partial charge in [-0.05, 0) is 48.6 Å². The van der Waals surface area contributed by atoms with Crippen molar-refractivity contribution >= 4 is 11.9 Å². The van der Waals surface area contributed by atoms with Crippen molar-refractivity contribution in [3.8, 4) is 5.69 Å². The average Bonchev–Trinajstić information content (AvgIpc) is 3.55. The van der Waals surface area contributed by atoms with Gasteiger partial charge in [0.15, 0.2) is 0 Å². The molecule has 2 aromatic rings. The van der Waals surface area contributed by atoms with Crippen LogP contribution in [0.3, 0.4) is 0 Å². The lowest BCUT2D eigenvalue weighted by molar-refractivity contribution is -0.185. The molecule has 0 amide bonds. The number of carbonyl (C=O) groups is 2. The van der Waals surface area contributed by atoms with Gasteiger partial charge in [-0.1, -0.05) is 20.3 Å². The molecule has 9 heteroatoms. The van der Waals surface area contributed by atoms with Crippen LogP contribution in [0.4, 0.5) is 0 Å². The highest BCUT2D eigenvalue weighted by Gasteiger charge is 2.68. The molecule has 1 saturated carbocycles. The minimum atomic E-state index is -1.48. The second-order valence-electron chi connectivity index (χ2n) is 9.40. The van der Waals surface area contributed by atoms with Gasteiger partial charge in [0.2, 0.25) is 0 Å². The number of rotatable bonds is 4. The van der Waals surface area contributed by atoms with Crippen LogP contribution in [0, 0.1) is 16.7 Å². The van der Waals surface area contributed by atoms with Crippen LogP contribution in [-0.2, 0) is 14.3 Å². The van der Waals surface area contributed by atoms with E-state index in [0.717, 1.165) is 12.8 Å². The molecule has 166 valence electrons. The molecular weight excluding hydrogens is 406 g/mol. The highest BCUT2D eigenvalue weighted by molar-refractivity contribution is 5.94. The van der Waals surface area contributed by atoms with Gasteiger partial charge in [0.1, 0.15) is 24.0 Å². The number of hydrogen-bond acceptors (Lipinski definition) is 8. The Balaban J connectivity index is 1.52. The number of nitrogens with zero attached hydrogens (tertiary/aromatic N) is 1. The summed E-state index contributed by atoms with van der Waals surface area (Å²) in [5.74, 6) is -1.56. The van der Waals surface area contributed by atoms with Gasteiger partial charge in [-0.2, -0.15) is 0 Å². The van der Waals surface area contributed by atoms with E-state index in [1.807, 2.05) is 13.8 Å². The van der Waals surface area contributed by atoms with Crippen molar-refractivity contribution in [1.82, 2.24) is 4.91 Å². The van der Waals surface area contributed by atoms with Crippen LogP contribution in [-0.4, -0.2) is 52.0 Å². The Bertz CT molecular complexity index is 1040. The summed E-state index contributed by atoms with van der Waals surface area (Å²) in [6.07, 6.45) is 2.84. The van der Waals surface area contributed by atoms with Gasteiger partial charge >= 0.3 is 11.9 Å². The largest absolute Gasteiger partial charge is 0.459 e. The highest BCUT2D eigenvalue weighted by atomic mass is 17.3. The van der Waals surface area contributed by atoms with E-state index in [2.05, 4.69) is 9.36 Å². The van der Waals surface area contributed by atoms with E-state index in [0.29, 0.717) is 17.7 Å². The Morgan fingerprint density at radius 3 is 2.58 bits per heavy atom. The van der Waals surface area contributed by atoms with Crippen molar-refractivity contribution in [2.75, 3.05) is 13.2 Å². The van der Waals surface area contributed by atoms with Gasteiger partial charge in [0.05, 0.1) is 16.0 Å². The number of fused-ring (bicyclic) bond motifs is 3. The second-order valence-corrected chi connectivity index (χ2v) is 9.40. The van der Waals surface area contributed by atoms with Crippen LogP contribution in [0.1, 0.15) is 43.5 Å². The lowest BCUT2D eigenvalue weighted by Gasteiger charge is -2.60. The normalized spacial score (nSPS) is 37.0. The zero-order chi connectivity index (χ0) is 22.0. The Morgan fingerprint density at radius 2 is 1.94 bits per heavy atom. The number of cyclic esters (lactones) is 1. The molecule has 5 atom stereocenters. The van der Waals surface area contributed by atoms with E-state index in [4.69, 9.17) is 9.47 Å². The lowest BCUT2D eigenvalue weighted by atomic mass is 9.46. The molecule has 1 aromatic carbocycles. The topological polar surface area (TPSA) is 124 Å². The number of aliphatic hydroxyl groups excluding tert-OH is 1. The zero-order valence-corrected chi connectivity index (χ0v) is 17.4. The number of hydrogen-bond donors (Lipinski definition) is 2. The summed E-state index contributed by atoms with van der Waals surface area (Å²) in [5, 5.41) is 21.8. The molecule has 1 aromatic heterocycles. The molecule has 5 rings (SSSR count). The maximum absolute atomic E-state index is 13.0. The van der Waals surface area contributed by atoms with Crippen molar-refractivity contribution in [3.63, 3.8) is 0 Å². The van der Waals surface area contributed by atoms with Crippen molar-refractivity contribution < 1.29 is 38.6 Å². The maximum atomic E-state index is 13.0. The molecular formula is C22H25NO8. The monoisotopic (exact) mass is 431 g/mol. The molecule has 5 unspecified atom stereocenters. The van der Waals surface area contributed by atoms with Crippen LogP contribution in [0.25, 0.3) is 5.69 Å². The van der Waals surface area contributed by atoms with Crippen LogP contribution >= 0.6 is 0 Å². The first-order chi connectivity index (χ1) is 14.7. The Hall–Kier alpha value is -2.78. The van der Waals surface area contributed by atoms with Gasteiger partial charge in [0.25, 0.3) is 0 Å². The van der Waals surface area contributed by atoms with Crippen molar-refractivity contribution in [2.45, 2.75) is 44.8 Å². The summed E-state index contributed by atoms with van der Waals surface area (Å²) in [7, 11) is 0. The summed E-state index contributed by atoms with van der Waals surface area (Å²) in [6, 6.07) is 6.48. The summed E-state index contributed by atoms with van der Waals surface area (Å²) in [4.78, 5) is 26.6. The molecule has 0 radical (unpaired) electrons. The molecule has 0 bridgehead atoms. The van der Waals surface area contributed by atoms with Crippen LogP contribution in [0.15, 0.2) is 45.3 Å². The predicted octanol–water partition coefficient (Wildman–Crippen LogP) is 2.22. The number of aromatic nitrogens is 1. The summed E-state index contributed by atoms with van der Waals surface area (Å²) in [5.41, 5.74) is -1.79. The summed E-state index contributed by atoms with van der Waals surface area (Å²) >= 11 is 0. The number of carbonyl (C=O) groups excluding carboxylic acids is 2. The first-order valence-electron chi connectivity index (χ1n) is 10.4. The van der Waals surface area contributed by atoms with Crippen LogP contribution < -0.4 is 0 Å². The van der Waals surface area contributed by atoms with E-state index in [-0.39, 0.29) is 18.8 Å². The van der Waals surface area contributed by atoms with Crippen LogP contribution in [0.5, 0.6) is 0 Å². The first kappa shape index (κ1) is 20.1. The molecule has 1 saturated heterocycles. The third kappa shape index (κ3) is 2.83. The van der Waals surface area contributed by atoms with E-state index >= 15 is 0 Å². The van der Waals surface area contributed by atoms with Gasteiger partial charge in [-0.25, -0.2) is 9.59 Å². The molecule has 3 aliphatic rings. The fourth-order valence-corrected chi connectivity index (χ4v) is 5.89. The number of ether oxygens (including phenoxy) is 2. The number of benzene rings is 1. The molecule has 0 spiro atoms. The molecule has 2 fully saturated rings. The SMILES string of the molecule is CC1(CO)CCCC2(C)C1C(OC(=O)c1ccc(-n3oo3)cc1)C=C1C(=O)OCC12O. The second kappa shape index (κ2) is 6.61. The quantitative estimate of drug-likeness (QED) is 0.558. The van der Waals surface area contributed by atoms with Gasteiger partial charge in [-0.3, -0.25) is 0 Å². The fraction of sp³-hybridized carbons (Fsp3) is 0.545. The van der Waals surface area contributed by atoms with E-state index in [9.17, 15) is 19.8 Å². The van der Waals surface area contributed by atoms with Crippen molar-refractivity contribution in [3.05, 3.63) is 41.5 Å². The smallest absolute Gasteiger partial charge is 0.338 e. The third-order valence-corrected chi connectivity index (χ3v) is 7.63. The van der Waals surface area contributed by atoms with Gasteiger partial charge in [-0.15, -0.1) is 9.36 Å². The van der Waals surface area contributed by atoms with Crippen molar-refractivity contribution in [1.29, 1.82) is 0 Å². The Kier molecular flexibility index (Phi) is 4.29. The third-order valence-electron chi connectivity index (χ3n) is 7.63. The lowest BCUT2D eigenvalue weighted by Crippen LogP contribution is -2.65. The molecule has 9 nitrogen and oxygen atoms in total. The predicted molar refractivity (Wildman–Crippen MR) is 104 cm³/mol. The fourth-order valence-electron chi connectivity index (χ4n) is 5.89. The van der Waals surface area contributed by atoms with E-state index < -0.39 is 40.4 Å². The zero-order valence-electron chi connectivity index (χ0n) is 17.4. The molecule has 31 heavy (non-hydrogen) atoms. The first-order valence-corrected chi connectivity index (χ1v) is 10.4. The van der Waals surface area contributed by atoms with Gasteiger partial charge in [0, 0.05) is 17.9 Å². The minimum absolute atomic E-state index is 0.125. The minimum Gasteiger partial charge on any atom is -0.459 e. The molecule has 2 N–H and O–H groups in total. The molecule has 1 aliphatic heterocycles. The molecule has 2 aliphatic carbocycles. The standard InChI is InChI=1S/C22H25NO8/c1-20(11-24)8-3-9-21(2)17(20)16(10-15-19(26)28-12-22(15,21)27)29-18(25)13-4-6-14(7-5-13)23-30-31-23/h4-7,10,16-17,24,27H,3,8-9,11-12H2,1-2H3. The van der Waals surface area contributed by atoms with E-state index in [1.165, 1.54) is 11.0 Å².